The van der Waals surface area contributed by atoms with Crippen molar-refractivity contribution in [3.8, 4) is 12.3 Å². The van der Waals surface area contributed by atoms with Crippen molar-refractivity contribution >= 4 is 17.5 Å². The van der Waals surface area contributed by atoms with Gasteiger partial charge in [-0.3, -0.25) is 9.69 Å². The van der Waals surface area contributed by atoms with E-state index in [2.05, 4.69) is 16.1 Å². The van der Waals surface area contributed by atoms with Gasteiger partial charge in [0.25, 0.3) is 0 Å². The Labute approximate surface area is 149 Å². The number of piperidine rings is 1. The summed E-state index contributed by atoms with van der Waals surface area (Å²) in [6.45, 7) is 4.38. The number of ether oxygens (including phenoxy) is 1. The first-order valence-corrected chi connectivity index (χ1v) is 8.67. The summed E-state index contributed by atoms with van der Waals surface area (Å²) in [5.41, 5.74) is 0.999. The Bertz CT molecular complexity index is 574. The molecule has 2 atom stereocenters. The topological polar surface area (TPSA) is 41.6 Å². The molecule has 0 saturated carbocycles. The highest BCUT2D eigenvalue weighted by molar-refractivity contribution is 6.30. The largest absolute Gasteiger partial charge is 0.375 e. The number of methoxy groups -OCH3 is 1. The van der Waals surface area contributed by atoms with Gasteiger partial charge in [0.15, 0.2) is 0 Å². The number of halogens is 1. The first-order chi connectivity index (χ1) is 11.5. The standard InChI is InChI=1S/C19H25ClN2O2/c1-4-11-22-12-9-16(10-13-22)19(23)21-14(2)18(24-3)15-5-7-17(20)8-6-15/h1,5-8,14,16,18H,9-13H2,2-3H3,(H,21,23)/t14-,18+/m0/s1. The summed E-state index contributed by atoms with van der Waals surface area (Å²) >= 11 is 5.93. The van der Waals surface area contributed by atoms with Crippen LogP contribution in [0.5, 0.6) is 0 Å². The lowest BCUT2D eigenvalue weighted by atomic mass is 9.95. The van der Waals surface area contributed by atoms with Crippen LogP contribution in [0.4, 0.5) is 0 Å². The Morgan fingerprint density at radius 3 is 2.58 bits per heavy atom. The lowest BCUT2D eigenvalue weighted by Crippen LogP contribution is -2.45. The fourth-order valence-corrected chi connectivity index (χ4v) is 3.31. The van der Waals surface area contributed by atoms with Crippen molar-refractivity contribution in [1.29, 1.82) is 0 Å². The van der Waals surface area contributed by atoms with Gasteiger partial charge in [0.1, 0.15) is 6.10 Å². The van der Waals surface area contributed by atoms with E-state index in [0.717, 1.165) is 31.5 Å². The van der Waals surface area contributed by atoms with Crippen LogP contribution < -0.4 is 5.32 Å². The summed E-state index contributed by atoms with van der Waals surface area (Å²) in [4.78, 5) is 14.7. The Balaban J connectivity index is 1.90. The van der Waals surface area contributed by atoms with Gasteiger partial charge in [-0.05, 0) is 50.6 Å². The first kappa shape index (κ1) is 18.8. The van der Waals surface area contributed by atoms with Gasteiger partial charge < -0.3 is 10.1 Å². The van der Waals surface area contributed by atoms with E-state index in [9.17, 15) is 4.79 Å². The Kier molecular flexibility index (Phi) is 7.11. The summed E-state index contributed by atoms with van der Waals surface area (Å²) in [7, 11) is 1.65. The lowest BCUT2D eigenvalue weighted by molar-refractivity contribution is -0.128. The van der Waals surface area contributed by atoms with Crippen molar-refractivity contribution < 1.29 is 9.53 Å². The molecule has 0 spiro atoms. The van der Waals surface area contributed by atoms with E-state index in [4.69, 9.17) is 22.8 Å². The van der Waals surface area contributed by atoms with E-state index in [1.807, 2.05) is 31.2 Å². The zero-order valence-electron chi connectivity index (χ0n) is 14.3. The van der Waals surface area contributed by atoms with Crippen molar-refractivity contribution in [2.75, 3.05) is 26.7 Å². The fraction of sp³-hybridized carbons (Fsp3) is 0.526. The normalized spacial score (nSPS) is 18.6. The smallest absolute Gasteiger partial charge is 0.223 e. The minimum absolute atomic E-state index is 0.0456. The highest BCUT2D eigenvalue weighted by Crippen LogP contribution is 2.24. The Morgan fingerprint density at radius 1 is 1.42 bits per heavy atom. The average Bonchev–Trinajstić information content (AvgIpc) is 2.58. The van der Waals surface area contributed by atoms with Crippen LogP contribution in [-0.4, -0.2) is 43.6 Å². The molecular weight excluding hydrogens is 324 g/mol. The van der Waals surface area contributed by atoms with Crippen molar-refractivity contribution in [2.24, 2.45) is 5.92 Å². The third-order valence-electron chi connectivity index (χ3n) is 4.55. The molecule has 1 aliphatic heterocycles. The third-order valence-corrected chi connectivity index (χ3v) is 4.80. The molecule has 0 aliphatic carbocycles. The molecule has 24 heavy (non-hydrogen) atoms. The van der Waals surface area contributed by atoms with Crippen molar-refractivity contribution in [1.82, 2.24) is 10.2 Å². The van der Waals surface area contributed by atoms with Gasteiger partial charge >= 0.3 is 0 Å². The van der Waals surface area contributed by atoms with E-state index in [-0.39, 0.29) is 24.0 Å². The van der Waals surface area contributed by atoms with Crippen LogP contribution in [0.2, 0.25) is 5.02 Å². The van der Waals surface area contributed by atoms with Crippen LogP contribution in [0, 0.1) is 18.3 Å². The second kappa shape index (κ2) is 9.08. The quantitative estimate of drug-likeness (QED) is 0.804. The van der Waals surface area contributed by atoms with Gasteiger partial charge in [0.05, 0.1) is 12.6 Å². The zero-order chi connectivity index (χ0) is 17.5. The van der Waals surface area contributed by atoms with Gasteiger partial charge in [-0.15, -0.1) is 6.42 Å². The molecule has 0 aromatic heterocycles. The molecule has 1 aromatic rings. The molecule has 1 aromatic carbocycles. The maximum absolute atomic E-state index is 12.5. The van der Waals surface area contributed by atoms with Gasteiger partial charge in [-0.1, -0.05) is 29.7 Å². The number of rotatable bonds is 6. The first-order valence-electron chi connectivity index (χ1n) is 8.29. The van der Waals surface area contributed by atoms with E-state index in [1.54, 1.807) is 7.11 Å². The number of carbonyl (C=O) groups is 1. The van der Waals surface area contributed by atoms with Gasteiger partial charge in [-0.25, -0.2) is 0 Å². The molecule has 0 radical (unpaired) electrons. The molecule has 1 saturated heterocycles. The number of likely N-dealkylation sites (tertiary alicyclic amines) is 1. The van der Waals surface area contributed by atoms with Crippen LogP contribution in [0.15, 0.2) is 24.3 Å². The summed E-state index contributed by atoms with van der Waals surface area (Å²) in [6, 6.07) is 7.40. The second-order valence-corrected chi connectivity index (χ2v) is 6.70. The Hall–Kier alpha value is -1.54. The molecule has 1 amide bonds. The average molecular weight is 349 g/mol. The number of hydrogen-bond acceptors (Lipinski definition) is 3. The highest BCUT2D eigenvalue weighted by Gasteiger charge is 2.27. The molecular formula is C19H25ClN2O2. The zero-order valence-corrected chi connectivity index (χ0v) is 15.1. The van der Waals surface area contributed by atoms with Crippen LogP contribution in [-0.2, 0) is 9.53 Å². The third kappa shape index (κ3) is 4.98. The number of terminal acetylenes is 1. The van der Waals surface area contributed by atoms with E-state index in [0.29, 0.717) is 11.6 Å². The molecule has 1 heterocycles. The van der Waals surface area contributed by atoms with Crippen LogP contribution >= 0.6 is 11.6 Å². The Morgan fingerprint density at radius 2 is 2.04 bits per heavy atom. The molecule has 130 valence electrons. The van der Waals surface area contributed by atoms with E-state index >= 15 is 0 Å². The van der Waals surface area contributed by atoms with Crippen molar-refractivity contribution in [3.05, 3.63) is 34.9 Å². The van der Waals surface area contributed by atoms with Crippen LogP contribution in [0.3, 0.4) is 0 Å². The van der Waals surface area contributed by atoms with Crippen molar-refractivity contribution in [3.63, 3.8) is 0 Å². The molecule has 5 heteroatoms. The van der Waals surface area contributed by atoms with Gasteiger partial charge in [0.2, 0.25) is 5.91 Å². The summed E-state index contributed by atoms with van der Waals surface area (Å²) < 4.78 is 5.59. The SMILES string of the molecule is C#CCN1CCC(C(=O)N[C@@H](C)[C@@H](OC)c2ccc(Cl)cc2)CC1. The summed E-state index contributed by atoms with van der Waals surface area (Å²) in [5.74, 6) is 2.80. The predicted octanol–water partition coefficient (Wildman–Crippen LogP) is 2.88. The monoisotopic (exact) mass is 348 g/mol. The van der Waals surface area contributed by atoms with Crippen molar-refractivity contribution in [2.45, 2.75) is 31.9 Å². The fourth-order valence-electron chi connectivity index (χ4n) is 3.18. The lowest BCUT2D eigenvalue weighted by Gasteiger charge is -2.31. The molecule has 2 rings (SSSR count). The van der Waals surface area contributed by atoms with Gasteiger partial charge in [0, 0.05) is 18.1 Å². The number of hydrogen-bond donors (Lipinski definition) is 1. The summed E-state index contributed by atoms with van der Waals surface area (Å²) in [5, 5.41) is 3.79. The molecule has 1 aliphatic rings. The minimum atomic E-state index is -0.201. The predicted molar refractivity (Wildman–Crippen MR) is 96.8 cm³/mol. The molecule has 1 fully saturated rings. The number of carbonyl (C=O) groups excluding carboxylic acids is 1. The van der Waals surface area contributed by atoms with E-state index in [1.165, 1.54) is 0 Å². The number of benzene rings is 1. The highest BCUT2D eigenvalue weighted by atomic mass is 35.5. The van der Waals surface area contributed by atoms with Crippen LogP contribution in [0.25, 0.3) is 0 Å². The van der Waals surface area contributed by atoms with Crippen LogP contribution in [0.1, 0.15) is 31.4 Å². The van der Waals surface area contributed by atoms with Gasteiger partial charge in [-0.2, -0.15) is 0 Å². The number of nitrogens with zero attached hydrogens (tertiary/aromatic N) is 1. The summed E-state index contributed by atoms with van der Waals surface area (Å²) in [6.07, 6.45) is 6.83. The maximum Gasteiger partial charge on any atom is 0.223 e. The molecule has 1 N–H and O–H groups in total. The minimum Gasteiger partial charge on any atom is -0.375 e. The maximum atomic E-state index is 12.5. The number of amides is 1. The molecule has 0 bridgehead atoms. The number of nitrogens with one attached hydrogen (secondary N) is 1. The second-order valence-electron chi connectivity index (χ2n) is 6.26. The van der Waals surface area contributed by atoms with E-state index < -0.39 is 0 Å². The molecule has 4 nitrogen and oxygen atoms in total. The molecule has 0 unspecified atom stereocenters.